The SMILES string of the molecule is CC(C)(C)C1=CC(=Nc2ccc(C(F)(F)F)cc2)C(=O)C(C(C)(C)C)=C1. The van der Waals surface area contributed by atoms with Gasteiger partial charge in [-0.25, -0.2) is 4.99 Å². The Morgan fingerprint density at radius 3 is 1.77 bits per heavy atom. The smallest absolute Gasteiger partial charge is 0.287 e. The van der Waals surface area contributed by atoms with Crippen molar-refractivity contribution in [3.05, 3.63) is 53.1 Å². The Hall–Kier alpha value is -2.17. The van der Waals surface area contributed by atoms with Crippen molar-refractivity contribution in [2.75, 3.05) is 0 Å². The molecule has 0 heterocycles. The van der Waals surface area contributed by atoms with Crippen LogP contribution in [0.5, 0.6) is 0 Å². The summed E-state index contributed by atoms with van der Waals surface area (Å²) >= 11 is 0. The lowest BCUT2D eigenvalue weighted by atomic mass is 9.74. The first-order valence-corrected chi connectivity index (χ1v) is 8.44. The van der Waals surface area contributed by atoms with Crippen molar-refractivity contribution in [3.63, 3.8) is 0 Å². The molecule has 0 saturated carbocycles. The van der Waals surface area contributed by atoms with Gasteiger partial charge < -0.3 is 0 Å². The van der Waals surface area contributed by atoms with Crippen molar-refractivity contribution >= 4 is 17.2 Å². The second kappa shape index (κ2) is 6.53. The molecule has 26 heavy (non-hydrogen) atoms. The van der Waals surface area contributed by atoms with Crippen LogP contribution in [-0.2, 0) is 11.0 Å². The number of nitrogens with zero attached hydrogens (tertiary/aromatic N) is 1. The molecule has 1 aliphatic rings. The van der Waals surface area contributed by atoms with E-state index in [9.17, 15) is 18.0 Å². The molecule has 5 heteroatoms. The highest BCUT2D eigenvalue weighted by Gasteiger charge is 2.33. The van der Waals surface area contributed by atoms with Gasteiger partial charge in [0.2, 0.25) is 5.78 Å². The summed E-state index contributed by atoms with van der Waals surface area (Å²) in [4.78, 5) is 17.2. The van der Waals surface area contributed by atoms with Gasteiger partial charge in [-0.2, -0.15) is 13.2 Å². The van der Waals surface area contributed by atoms with Gasteiger partial charge in [0.15, 0.2) is 0 Å². The fourth-order valence-corrected chi connectivity index (χ4v) is 2.55. The van der Waals surface area contributed by atoms with E-state index < -0.39 is 11.7 Å². The van der Waals surface area contributed by atoms with Crippen LogP contribution in [0.2, 0.25) is 0 Å². The molecule has 1 aliphatic carbocycles. The average Bonchev–Trinajstić information content (AvgIpc) is 2.46. The third-order valence-corrected chi connectivity index (χ3v) is 4.19. The molecule has 0 N–H and O–H groups in total. The second-order valence-corrected chi connectivity index (χ2v) is 8.53. The number of halogens is 3. The number of alkyl halides is 3. The summed E-state index contributed by atoms with van der Waals surface area (Å²) in [6, 6.07) is 4.51. The third kappa shape index (κ3) is 4.51. The van der Waals surface area contributed by atoms with Crippen LogP contribution in [-0.4, -0.2) is 11.5 Å². The van der Waals surface area contributed by atoms with E-state index in [4.69, 9.17) is 0 Å². The number of allylic oxidation sites excluding steroid dienone is 4. The predicted molar refractivity (Wildman–Crippen MR) is 98.6 cm³/mol. The molecule has 1 aromatic carbocycles. The van der Waals surface area contributed by atoms with E-state index in [1.807, 2.05) is 47.6 Å². The van der Waals surface area contributed by atoms with E-state index in [1.165, 1.54) is 12.1 Å². The van der Waals surface area contributed by atoms with E-state index in [0.717, 1.165) is 17.7 Å². The summed E-state index contributed by atoms with van der Waals surface area (Å²) in [5, 5.41) is 0. The van der Waals surface area contributed by atoms with Gasteiger partial charge in [-0.15, -0.1) is 0 Å². The molecule has 0 aromatic heterocycles. The highest BCUT2D eigenvalue weighted by atomic mass is 19.4. The molecular weight excluding hydrogens is 339 g/mol. The van der Waals surface area contributed by atoms with Crippen LogP contribution in [0.4, 0.5) is 18.9 Å². The molecule has 0 amide bonds. The van der Waals surface area contributed by atoms with E-state index in [2.05, 4.69) is 4.99 Å². The van der Waals surface area contributed by atoms with Gasteiger partial charge in [0, 0.05) is 5.57 Å². The van der Waals surface area contributed by atoms with Crippen molar-refractivity contribution in [2.45, 2.75) is 47.7 Å². The van der Waals surface area contributed by atoms with Crippen molar-refractivity contribution in [3.8, 4) is 0 Å². The van der Waals surface area contributed by atoms with Gasteiger partial charge in [-0.1, -0.05) is 47.6 Å². The molecule has 140 valence electrons. The molecule has 0 fully saturated rings. The minimum Gasteiger partial charge on any atom is -0.287 e. The Kier molecular flexibility index (Phi) is 5.06. The lowest BCUT2D eigenvalue weighted by Gasteiger charge is -2.29. The van der Waals surface area contributed by atoms with Gasteiger partial charge in [-0.3, -0.25) is 4.79 Å². The molecule has 0 atom stereocenters. The first-order chi connectivity index (χ1) is 11.7. The quantitative estimate of drug-likeness (QED) is 0.538. The molecule has 2 nitrogen and oxygen atoms in total. The van der Waals surface area contributed by atoms with Crippen LogP contribution < -0.4 is 0 Å². The van der Waals surface area contributed by atoms with Crippen molar-refractivity contribution in [1.29, 1.82) is 0 Å². The molecule has 0 saturated heterocycles. The zero-order chi connectivity index (χ0) is 19.9. The van der Waals surface area contributed by atoms with Crippen molar-refractivity contribution in [2.24, 2.45) is 15.8 Å². The molecule has 0 aliphatic heterocycles. The maximum atomic E-state index is 12.9. The Morgan fingerprint density at radius 2 is 1.35 bits per heavy atom. The second-order valence-electron chi connectivity index (χ2n) is 8.53. The largest absolute Gasteiger partial charge is 0.416 e. The summed E-state index contributed by atoms with van der Waals surface area (Å²) in [7, 11) is 0. The maximum Gasteiger partial charge on any atom is 0.416 e. The lowest BCUT2D eigenvalue weighted by Crippen LogP contribution is -2.29. The van der Waals surface area contributed by atoms with E-state index in [0.29, 0.717) is 11.3 Å². The molecule has 0 unspecified atom stereocenters. The highest BCUT2D eigenvalue weighted by Crippen LogP contribution is 2.37. The first-order valence-electron chi connectivity index (χ1n) is 8.44. The zero-order valence-corrected chi connectivity index (χ0v) is 16.0. The molecule has 1 aromatic rings. The van der Waals surface area contributed by atoms with Crippen LogP contribution in [0, 0.1) is 10.8 Å². The van der Waals surface area contributed by atoms with Gasteiger partial charge in [0.05, 0.1) is 11.3 Å². The molecule has 0 bridgehead atoms. The number of hydrogen-bond acceptors (Lipinski definition) is 2. The van der Waals surface area contributed by atoms with E-state index >= 15 is 0 Å². The molecular formula is C21H24F3NO. The Balaban J connectivity index is 2.50. The third-order valence-electron chi connectivity index (χ3n) is 4.19. The standard InChI is InChI=1S/C21H24F3NO/c1-19(2,3)14-11-16(20(4,5)6)18(26)17(12-14)25-15-9-7-13(8-10-15)21(22,23)24/h7-12H,1-6H3. The van der Waals surface area contributed by atoms with Crippen LogP contribution >= 0.6 is 0 Å². The summed E-state index contributed by atoms with van der Waals surface area (Å²) in [5.41, 5.74) is 0.907. The Morgan fingerprint density at radius 1 is 0.808 bits per heavy atom. The molecule has 0 spiro atoms. The highest BCUT2D eigenvalue weighted by molar-refractivity contribution is 6.51. The van der Waals surface area contributed by atoms with E-state index in [1.54, 1.807) is 6.08 Å². The monoisotopic (exact) mass is 363 g/mol. The average molecular weight is 363 g/mol. The van der Waals surface area contributed by atoms with Gasteiger partial charge in [0.25, 0.3) is 0 Å². The fourth-order valence-electron chi connectivity index (χ4n) is 2.55. The van der Waals surface area contributed by atoms with Crippen molar-refractivity contribution < 1.29 is 18.0 Å². The number of ketones is 1. The fraction of sp³-hybridized carbons (Fsp3) is 0.429. The number of benzene rings is 1. The van der Waals surface area contributed by atoms with Crippen molar-refractivity contribution in [1.82, 2.24) is 0 Å². The number of hydrogen-bond donors (Lipinski definition) is 0. The topological polar surface area (TPSA) is 29.4 Å². The maximum absolute atomic E-state index is 12.9. The zero-order valence-electron chi connectivity index (χ0n) is 16.0. The molecule has 0 radical (unpaired) electrons. The number of aliphatic imine (C=N–C) groups is 1. The summed E-state index contributed by atoms with van der Waals surface area (Å²) < 4.78 is 38.1. The van der Waals surface area contributed by atoms with E-state index in [-0.39, 0.29) is 22.3 Å². The number of rotatable bonds is 1. The minimum atomic E-state index is -4.40. The number of carbonyl (C=O) groups is 1. The summed E-state index contributed by atoms with van der Waals surface area (Å²) in [6.07, 6.45) is -0.753. The summed E-state index contributed by atoms with van der Waals surface area (Å²) in [6.45, 7) is 12.0. The Bertz CT molecular complexity index is 796. The van der Waals surface area contributed by atoms with Gasteiger partial charge in [-0.05, 0) is 46.7 Å². The van der Waals surface area contributed by atoms with Crippen LogP contribution in [0.25, 0.3) is 0 Å². The summed E-state index contributed by atoms with van der Waals surface area (Å²) in [5.74, 6) is -0.189. The normalized spacial score (nSPS) is 18.0. The van der Waals surface area contributed by atoms with Crippen LogP contribution in [0.1, 0.15) is 47.1 Å². The van der Waals surface area contributed by atoms with Gasteiger partial charge >= 0.3 is 6.18 Å². The Labute approximate surface area is 152 Å². The number of carbonyl (C=O) groups excluding carboxylic acids is 1. The van der Waals surface area contributed by atoms with Crippen LogP contribution in [0.15, 0.2) is 52.6 Å². The first kappa shape index (κ1) is 20.1. The lowest BCUT2D eigenvalue weighted by molar-refractivity contribution is -0.137. The minimum absolute atomic E-state index is 0.182. The number of Topliss-reactive ketones (excluding diaryl/α,β-unsaturated/α-hetero) is 1. The predicted octanol–water partition coefficient (Wildman–Crippen LogP) is 6.31. The molecule has 2 rings (SSSR count). The van der Waals surface area contributed by atoms with Crippen LogP contribution in [0.3, 0.4) is 0 Å². The van der Waals surface area contributed by atoms with Gasteiger partial charge in [0.1, 0.15) is 5.71 Å².